The fraction of sp³-hybridized carbons (Fsp3) is 0.462. The number of carbonyl (C=O) groups is 1. The lowest BCUT2D eigenvalue weighted by Gasteiger charge is -2.32. The van der Waals surface area contributed by atoms with Gasteiger partial charge < -0.3 is 10.2 Å². The van der Waals surface area contributed by atoms with Crippen molar-refractivity contribution in [2.24, 2.45) is 0 Å². The number of nitrogens with zero attached hydrogens (tertiary/aromatic N) is 1. The minimum absolute atomic E-state index is 0.0573. The van der Waals surface area contributed by atoms with Gasteiger partial charge in [0.25, 0.3) is 0 Å². The van der Waals surface area contributed by atoms with Crippen molar-refractivity contribution in [3.05, 3.63) is 23.8 Å². The number of hydrogen-bond acceptors (Lipinski definition) is 4. The van der Waals surface area contributed by atoms with Crippen molar-refractivity contribution < 1.29 is 23.4 Å². The van der Waals surface area contributed by atoms with Crippen LogP contribution in [-0.2, 0) is 10.2 Å². The van der Waals surface area contributed by atoms with Crippen LogP contribution in [0.5, 0.6) is 5.75 Å². The summed E-state index contributed by atoms with van der Waals surface area (Å²) in [5, 5.41) is 18.4. The Balaban J connectivity index is 2.30. The van der Waals surface area contributed by atoms with E-state index in [1.165, 1.54) is 16.4 Å². The first-order chi connectivity index (χ1) is 9.81. The van der Waals surface area contributed by atoms with Crippen molar-refractivity contribution >= 4 is 21.9 Å². The van der Waals surface area contributed by atoms with Crippen LogP contribution in [0.2, 0.25) is 0 Å². The van der Waals surface area contributed by atoms with E-state index >= 15 is 0 Å². The van der Waals surface area contributed by atoms with Crippen molar-refractivity contribution in [3.63, 3.8) is 0 Å². The maximum atomic E-state index is 12.4. The van der Waals surface area contributed by atoms with E-state index in [0.29, 0.717) is 6.54 Å². The quantitative estimate of drug-likeness (QED) is 0.732. The van der Waals surface area contributed by atoms with Crippen LogP contribution in [0.1, 0.15) is 36.5 Å². The molecule has 0 saturated carbocycles. The van der Waals surface area contributed by atoms with Gasteiger partial charge in [-0.05, 0) is 38.0 Å². The highest BCUT2D eigenvalue weighted by atomic mass is 32.2. The molecule has 1 aliphatic heterocycles. The number of nitrogens with one attached hydrogen (secondary N) is 1. The van der Waals surface area contributed by atoms with Gasteiger partial charge in [-0.1, -0.05) is 6.42 Å². The lowest BCUT2D eigenvalue weighted by atomic mass is 10.1. The van der Waals surface area contributed by atoms with E-state index < -0.39 is 16.2 Å². The predicted molar refractivity (Wildman–Crippen MR) is 77.6 cm³/mol. The molecule has 1 unspecified atom stereocenters. The molecule has 1 fully saturated rings. The van der Waals surface area contributed by atoms with Gasteiger partial charge in [-0.15, -0.1) is 0 Å². The van der Waals surface area contributed by atoms with Crippen LogP contribution in [0.15, 0.2) is 18.2 Å². The third-order valence-electron chi connectivity index (χ3n) is 3.52. The zero-order valence-corrected chi connectivity index (χ0v) is 12.4. The van der Waals surface area contributed by atoms with E-state index in [1.54, 1.807) is 0 Å². The maximum absolute atomic E-state index is 12.4. The minimum Gasteiger partial charge on any atom is -0.508 e. The zero-order chi connectivity index (χ0) is 15.6. The zero-order valence-electron chi connectivity index (χ0n) is 11.6. The average Bonchev–Trinajstić information content (AvgIpc) is 2.40. The van der Waals surface area contributed by atoms with Crippen LogP contribution in [0.25, 0.3) is 0 Å². The predicted octanol–water partition coefficient (Wildman–Crippen LogP) is 1.62. The number of phenolic OH excluding ortho intramolecular Hbond substituents is 1. The first kappa shape index (κ1) is 15.6. The van der Waals surface area contributed by atoms with Gasteiger partial charge in [0.2, 0.25) is 0 Å². The Bertz CT molecular complexity index is 644. The summed E-state index contributed by atoms with van der Waals surface area (Å²) in [6.07, 6.45) is 2.54. The Morgan fingerprint density at radius 3 is 2.71 bits per heavy atom. The van der Waals surface area contributed by atoms with Crippen LogP contribution in [0.4, 0.5) is 5.69 Å². The number of anilines is 1. The molecule has 116 valence electrons. The molecule has 2 rings (SSSR count). The minimum atomic E-state index is -3.82. The molecular weight excluding hydrogens is 296 g/mol. The Kier molecular flexibility index (Phi) is 4.38. The van der Waals surface area contributed by atoms with Crippen molar-refractivity contribution in [2.75, 3.05) is 11.3 Å². The second-order valence-electron chi connectivity index (χ2n) is 5.10. The standard InChI is InChI=1S/C13H18N2O5S/c1-9-4-2-3-7-15(9)21(19,20)14-12-6-5-10(16)8-11(12)13(17)18/h5-6,8-9,14,16H,2-4,7H2,1H3,(H,17,18). The van der Waals surface area contributed by atoms with E-state index in [4.69, 9.17) is 5.11 Å². The number of hydrogen-bond donors (Lipinski definition) is 3. The van der Waals surface area contributed by atoms with Crippen molar-refractivity contribution in [3.8, 4) is 5.75 Å². The summed E-state index contributed by atoms with van der Waals surface area (Å²) in [7, 11) is -3.82. The molecule has 0 amide bonds. The molecule has 1 saturated heterocycles. The summed E-state index contributed by atoms with van der Waals surface area (Å²) in [6, 6.07) is 3.37. The number of carboxylic acid groups (broad SMARTS) is 1. The van der Waals surface area contributed by atoms with Crippen molar-refractivity contribution in [1.29, 1.82) is 0 Å². The van der Waals surface area contributed by atoms with Gasteiger partial charge in [0.1, 0.15) is 5.75 Å². The third-order valence-corrected chi connectivity index (χ3v) is 5.16. The number of rotatable bonds is 4. The molecule has 3 N–H and O–H groups in total. The highest BCUT2D eigenvalue weighted by molar-refractivity contribution is 7.90. The van der Waals surface area contributed by atoms with Crippen LogP contribution >= 0.6 is 0 Å². The second kappa shape index (κ2) is 5.90. The molecule has 0 radical (unpaired) electrons. The van der Waals surface area contributed by atoms with Gasteiger partial charge in [-0.25, -0.2) is 4.79 Å². The molecule has 0 aliphatic carbocycles. The average molecular weight is 314 g/mol. The molecule has 1 aromatic rings. The lowest BCUT2D eigenvalue weighted by molar-refractivity contribution is 0.0697. The molecule has 1 heterocycles. The van der Waals surface area contributed by atoms with Gasteiger partial charge in [0.05, 0.1) is 11.3 Å². The Morgan fingerprint density at radius 2 is 2.10 bits per heavy atom. The fourth-order valence-electron chi connectivity index (χ4n) is 2.42. The highest BCUT2D eigenvalue weighted by Crippen LogP contribution is 2.25. The Morgan fingerprint density at radius 1 is 1.38 bits per heavy atom. The largest absolute Gasteiger partial charge is 0.508 e. The van der Waals surface area contributed by atoms with Crippen LogP contribution < -0.4 is 4.72 Å². The molecule has 8 heteroatoms. The summed E-state index contributed by atoms with van der Waals surface area (Å²) < 4.78 is 28.4. The van der Waals surface area contributed by atoms with Crippen molar-refractivity contribution in [1.82, 2.24) is 4.31 Å². The summed E-state index contributed by atoms with van der Waals surface area (Å²) in [4.78, 5) is 11.1. The van der Waals surface area contributed by atoms with Crippen molar-refractivity contribution in [2.45, 2.75) is 32.2 Å². The summed E-state index contributed by atoms with van der Waals surface area (Å²) in [6.45, 7) is 2.24. The monoisotopic (exact) mass is 314 g/mol. The first-order valence-electron chi connectivity index (χ1n) is 6.67. The van der Waals surface area contributed by atoms with Gasteiger partial charge in [-0.3, -0.25) is 4.72 Å². The van der Waals surface area contributed by atoms with Gasteiger partial charge in [-0.2, -0.15) is 12.7 Å². The van der Waals surface area contributed by atoms with E-state index in [9.17, 15) is 18.3 Å². The summed E-state index contributed by atoms with van der Waals surface area (Å²) in [5.74, 6) is -1.54. The SMILES string of the molecule is CC1CCCCN1S(=O)(=O)Nc1ccc(O)cc1C(=O)O. The number of phenols is 1. The first-order valence-corrected chi connectivity index (χ1v) is 8.11. The molecule has 0 spiro atoms. The van der Waals surface area contributed by atoms with E-state index in [-0.39, 0.29) is 23.0 Å². The van der Waals surface area contributed by atoms with Gasteiger partial charge in [0.15, 0.2) is 0 Å². The van der Waals surface area contributed by atoms with E-state index in [2.05, 4.69) is 4.72 Å². The Labute approximate surface area is 123 Å². The van der Waals surface area contributed by atoms with Gasteiger partial charge in [0, 0.05) is 12.6 Å². The topological polar surface area (TPSA) is 107 Å². The maximum Gasteiger partial charge on any atom is 0.337 e. The third kappa shape index (κ3) is 3.45. The van der Waals surface area contributed by atoms with E-state index in [0.717, 1.165) is 25.3 Å². The molecule has 0 aromatic heterocycles. The number of benzene rings is 1. The number of aromatic carboxylic acids is 1. The molecule has 1 aliphatic rings. The fourth-order valence-corrected chi connectivity index (χ4v) is 3.95. The molecular formula is C13H18N2O5S. The normalized spacial score (nSPS) is 20.1. The number of piperidine rings is 1. The lowest BCUT2D eigenvalue weighted by Crippen LogP contribution is -2.45. The second-order valence-corrected chi connectivity index (χ2v) is 6.72. The van der Waals surface area contributed by atoms with Crippen LogP contribution in [0, 0.1) is 0 Å². The van der Waals surface area contributed by atoms with Crippen LogP contribution in [-0.4, -0.2) is 41.5 Å². The molecule has 0 bridgehead atoms. The molecule has 7 nitrogen and oxygen atoms in total. The molecule has 1 aromatic carbocycles. The van der Waals surface area contributed by atoms with E-state index in [1.807, 2.05) is 6.92 Å². The molecule has 21 heavy (non-hydrogen) atoms. The number of carboxylic acids is 1. The Hall–Kier alpha value is -1.80. The summed E-state index contributed by atoms with van der Waals surface area (Å²) >= 11 is 0. The van der Waals surface area contributed by atoms with Crippen LogP contribution in [0.3, 0.4) is 0 Å². The smallest absolute Gasteiger partial charge is 0.337 e. The van der Waals surface area contributed by atoms with Gasteiger partial charge >= 0.3 is 16.2 Å². The summed E-state index contributed by atoms with van der Waals surface area (Å²) in [5.41, 5.74) is -0.346. The molecule has 1 atom stereocenters. The highest BCUT2D eigenvalue weighted by Gasteiger charge is 2.30. The number of aromatic hydroxyl groups is 1.